The van der Waals surface area contributed by atoms with Crippen LogP contribution in [0.2, 0.25) is 0 Å². The van der Waals surface area contributed by atoms with Crippen molar-refractivity contribution >= 4 is 5.97 Å². The average Bonchev–Trinajstić information content (AvgIpc) is 2.55. The Morgan fingerprint density at radius 2 is 1.85 bits per heavy atom. The quantitative estimate of drug-likeness (QED) is 0.793. The summed E-state index contributed by atoms with van der Waals surface area (Å²) in [5.41, 5.74) is 0.510. The minimum absolute atomic E-state index is 0.236. The lowest BCUT2D eigenvalue weighted by atomic mass is 10.2. The molecular weight excluding hydrogens is 254 g/mol. The number of hydrogen-bond acceptors (Lipinski definition) is 4. The summed E-state index contributed by atoms with van der Waals surface area (Å²) in [6.07, 6.45) is -0.236. The van der Waals surface area contributed by atoms with Gasteiger partial charge in [0.05, 0.1) is 0 Å². The van der Waals surface area contributed by atoms with Crippen molar-refractivity contribution in [1.82, 2.24) is 4.90 Å². The highest BCUT2D eigenvalue weighted by Crippen LogP contribution is 2.23. The van der Waals surface area contributed by atoms with Crippen LogP contribution in [0.5, 0.6) is 5.75 Å². The summed E-state index contributed by atoms with van der Waals surface area (Å²) in [5, 5.41) is 0. The minimum atomic E-state index is -0.296. The van der Waals surface area contributed by atoms with Crippen LogP contribution in [0.3, 0.4) is 0 Å². The number of benzene rings is 1. The van der Waals surface area contributed by atoms with E-state index in [2.05, 4.69) is 32.6 Å². The maximum atomic E-state index is 12.1. The van der Waals surface area contributed by atoms with Crippen LogP contribution in [-0.4, -0.2) is 42.2 Å². The number of carbonyl (C=O) groups is 1. The van der Waals surface area contributed by atoms with Gasteiger partial charge in [-0.15, -0.1) is 0 Å². The zero-order valence-corrected chi connectivity index (χ0v) is 12.6. The lowest BCUT2D eigenvalue weighted by Crippen LogP contribution is -2.44. The van der Waals surface area contributed by atoms with Gasteiger partial charge < -0.3 is 9.47 Å². The molecule has 1 unspecified atom stereocenters. The predicted molar refractivity (Wildman–Crippen MR) is 78.1 cm³/mol. The molecule has 0 aromatic heterocycles. The first-order chi connectivity index (χ1) is 9.49. The number of fused-ring (bicyclic) bond motifs is 1. The van der Waals surface area contributed by atoms with Crippen molar-refractivity contribution in [2.24, 2.45) is 0 Å². The standard InChI is InChI=1S/C16H23NO3/c1-11(2)17(12(3)4)9-13-10-19-15-8-6-5-7-14(15)16(18)20-13/h5-8,11-13H,9-10H2,1-4H3. The Bertz CT molecular complexity index is 463. The SMILES string of the molecule is CC(C)N(CC1COc2ccccc2C(=O)O1)C(C)C. The summed E-state index contributed by atoms with van der Waals surface area (Å²) in [4.78, 5) is 14.4. The number of ether oxygens (including phenoxy) is 2. The molecule has 20 heavy (non-hydrogen) atoms. The number of para-hydroxylation sites is 1. The van der Waals surface area contributed by atoms with E-state index in [0.717, 1.165) is 0 Å². The maximum absolute atomic E-state index is 12.1. The third-order valence-corrected chi connectivity index (χ3v) is 3.55. The monoisotopic (exact) mass is 277 g/mol. The molecule has 0 bridgehead atoms. The second-order valence-electron chi connectivity index (χ2n) is 5.72. The molecule has 0 amide bonds. The Kier molecular flexibility index (Phi) is 4.65. The molecule has 0 saturated carbocycles. The number of cyclic esters (lactones) is 1. The highest BCUT2D eigenvalue weighted by molar-refractivity contribution is 5.92. The second kappa shape index (κ2) is 6.27. The molecule has 0 spiro atoms. The smallest absolute Gasteiger partial charge is 0.342 e. The molecule has 1 aliphatic rings. The number of hydrogen-bond donors (Lipinski definition) is 0. The lowest BCUT2D eigenvalue weighted by molar-refractivity contribution is 0.00353. The summed E-state index contributed by atoms with van der Waals surface area (Å²) in [5.74, 6) is 0.316. The van der Waals surface area contributed by atoms with Crippen molar-refractivity contribution in [2.45, 2.75) is 45.9 Å². The Balaban J connectivity index is 2.09. The molecule has 0 saturated heterocycles. The molecule has 1 aromatic carbocycles. The van der Waals surface area contributed by atoms with Crippen LogP contribution < -0.4 is 4.74 Å². The predicted octanol–water partition coefficient (Wildman–Crippen LogP) is 2.72. The molecule has 0 radical (unpaired) electrons. The second-order valence-corrected chi connectivity index (χ2v) is 5.72. The van der Waals surface area contributed by atoms with E-state index >= 15 is 0 Å². The van der Waals surface area contributed by atoms with Crippen molar-refractivity contribution in [2.75, 3.05) is 13.2 Å². The fourth-order valence-electron chi connectivity index (χ4n) is 2.54. The Morgan fingerprint density at radius 1 is 1.20 bits per heavy atom. The Morgan fingerprint density at radius 3 is 2.50 bits per heavy atom. The van der Waals surface area contributed by atoms with Gasteiger partial charge >= 0.3 is 5.97 Å². The molecular formula is C16H23NO3. The van der Waals surface area contributed by atoms with Crippen LogP contribution >= 0.6 is 0 Å². The zero-order chi connectivity index (χ0) is 14.7. The van der Waals surface area contributed by atoms with Gasteiger partial charge in [0.25, 0.3) is 0 Å². The van der Waals surface area contributed by atoms with Gasteiger partial charge in [0.1, 0.15) is 24.0 Å². The molecule has 1 atom stereocenters. The summed E-state index contributed by atoms with van der Waals surface area (Å²) in [6.45, 7) is 9.68. The first kappa shape index (κ1) is 14.9. The molecule has 110 valence electrons. The van der Waals surface area contributed by atoms with E-state index in [4.69, 9.17) is 9.47 Å². The topological polar surface area (TPSA) is 38.8 Å². The van der Waals surface area contributed by atoms with E-state index in [1.54, 1.807) is 6.07 Å². The van der Waals surface area contributed by atoms with Crippen molar-refractivity contribution in [3.8, 4) is 5.75 Å². The summed E-state index contributed by atoms with van der Waals surface area (Å²) in [7, 11) is 0. The summed E-state index contributed by atoms with van der Waals surface area (Å²) >= 11 is 0. The zero-order valence-electron chi connectivity index (χ0n) is 12.6. The first-order valence-corrected chi connectivity index (χ1v) is 7.17. The van der Waals surface area contributed by atoms with Crippen molar-refractivity contribution < 1.29 is 14.3 Å². The Hall–Kier alpha value is -1.55. The maximum Gasteiger partial charge on any atom is 0.342 e. The van der Waals surface area contributed by atoms with Crippen LogP contribution in [0.1, 0.15) is 38.1 Å². The molecule has 2 rings (SSSR count). The number of esters is 1. The van der Waals surface area contributed by atoms with Crippen molar-refractivity contribution in [1.29, 1.82) is 0 Å². The van der Waals surface area contributed by atoms with Crippen LogP contribution in [-0.2, 0) is 4.74 Å². The highest BCUT2D eigenvalue weighted by atomic mass is 16.6. The minimum Gasteiger partial charge on any atom is -0.489 e. The van der Waals surface area contributed by atoms with Crippen LogP contribution in [0.4, 0.5) is 0 Å². The van der Waals surface area contributed by atoms with Gasteiger partial charge in [-0.1, -0.05) is 12.1 Å². The largest absolute Gasteiger partial charge is 0.489 e. The van der Waals surface area contributed by atoms with Crippen LogP contribution in [0.25, 0.3) is 0 Å². The number of nitrogens with zero attached hydrogens (tertiary/aromatic N) is 1. The molecule has 4 nitrogen and oxygen atoms in total. The van der Waals surface area contributed by atoms with Gasteiger partial charge in [-0.2, -0.15) is 0 Å². The van der Waals surface area contributed by atoms with Gasteiger partial charge in [0, 0.05) is 18.6 Å². The molecule has 1 aliphatic heterocycles. The van der Waals surface area contributed by atoms with Crippen LogP contribution in [0, 0.1) is 0 Å². The van der Waals surface area contributed by atoms with E-state index in [-0.39, 0.29) is 12.1 Å². The normalized spacial score (nSPS) is 18.8. The molecule has 4 heteroatoms. The highest BCUT2D eigenvalue weighted by Gasteiger charge is 2.27. The van der Waals surface area contributed by atoms with E-state index < -0.39 is 0 Å². The summed E-state index contributed by atoms with van der Waals surface area (Å²) < 4.78 is 11.3. The molecule has 1 heterocycles. The van der Waals surface area contributed by atoms with E-state index in [0.29, 0.717) is 36.5 Å². The van der Waals surface area contributed by atoms with E-state index in [1.165, 1.54) is 0 Å². The van der Waals surface area contributed by atoms with Crippen LogP contribution in [0.15, 0.2) is 24.3 Å². The molecule has 0 N–H and O–H groups in total. The van der Waals surface area contributed by atoms with E-state index in [1.807, 2.05) is 18.2 Å². The fraction of sp³-hybridized carbons (Fsp3) is 0.562. The van der Waals surface area contributed by atoms with Crippen molar-refractivity contribution in [3.63, 3.8) is 0 Å². The number of rotatable bonds is 4. The van der Waals surface area contributed by atoms with Crippen molar-refractivity contribution in [3.05, 3.63) is 29.8 Å². The van der Waals surface area contributed by atoms with Gasteiger partial charge in [0.2, 0.25) is 0 Å². The molecule has 0 aliphatic carbocycles. The van der Waals surface area contributed by atoms with Gasteiger partial charge in [-0.3, -0.25) is 4.90 Å². The third kappa shape index (κ3) is 3.31. The van der Waals surface area contributed by atoms with Gasteiger partial charge in [-0.05, 0) is 39.8 Å². The first-order valence-electron chi connectivity index (χ1n) is 7.17. The van der Waals surface area contributed by atoms with E-state index in [9.17, 15) is 4.79 Å². The average molecular weight is 277 g/mol. The van der Waals surface area contributed by atoms with Gasteiger partial charge in [-0.25, -0.2) is 4.79 Å². The lowest BCUT2D eigenvalue weighted by Gasteiger charge is -2.32. The van der Waals surface area contributed by atoms with Gasteiger partial charge in [0.15, 0.2) is 0 Å². The molecule has 0 fully saturated rings. The summed E-state index contributed by atoms with van der Waals surface area (Å²) in [6, 6.07) is 8.03. The Labute approximate surface area is 120 Å². The third-order valence-electron chi connectivity index (χ3n) is 3.55. The molecule has 1 aromatic rings. The fourth-order valence-corrected chi connectivity index (χ4v) is 2.54. The number of carbonyl (C=O) groups excluding carboxylic acids is 1.